The number of nitrogens with one attached hydrogen (secondary N) is 1. The lowest BCUT2D eigenvalue weighted by Gasteiger charge is -2.25. The Hall–Kier alpha value is -1.90. The second kappa shape index (κ2) is 9.71. The number of thioether (sulfide) groups is 1. The molecule has 2 heterocycles. The van der Waals surface area contributed by atoms with Gasteiger partial charge < -0.3 is 5.32 Å². The van der Waals surface area contributed by atoms with Crippen LogP contribution in [0.5, 0.6) is 0 Å². The number of imide groups is 1. The monoisotopic (exact) mass is 477 g/mol. The fourth-order valence-corrected chi connectivity index (χ4v) is 5.68. The van der Waals surface area contributed by atoms with Crippen LogP contribution in [0.3, 0.4) is 0 Å². The third kappa shape index (κ3) is 4.66. The summed E-state index contributed by atoms with van der Waals surface area (Å²) in [6.45, 7) is 0. The van der Waals surface area contributed by atoms with Crippen LogP contribution in [0.1, 0.15) is 32.1 Å². The van der Waals surface area contributed by atoms with E-state index in [2.05, 4.69) is 10.3 Å². The molecule has 6 nitrogen and oxygen atoms in total. The highest BCUT2D eigenvalue weighted by molar-refractivity contribution is 7.98. The summed E-state index contributed by atoms with van der Waals surface area (Å²) in [4.78, 5) is 45.0. The lowest BCUT2D eigenvalue weighted by atomic mass is 9.81. The van der Waals surface area contributed by atoms with E-state index in [-0.39, 0.29) is 29.6 Å². The summed E-state index contributed by atoms with van der Waals surface area (Å²) >= 11 is 8.85. The summed E-state index contributed by atoms with van der Waals surface area (Å²) < 4.78 is 0. The van der Waals surface area contributed by atoms with Gasteiger partial charge in [-0.25, -0.2) is 4.98 Å². The third-order valence-corrected chi connectivity index (χ3v) is 7.61. The van der Waals surface area contributed by atoms with Crippen molar-refractivity contribution in [2.24, 2.45) is 11.8 Å². The number of likely N-dealkylation sites (tertiary alicyclic amines) is 1. The minimum Gasteiger partial charge on any atom is -0.300 e. The molecule has 0 bridgehead atoms. The molecule has 0 radical (unpaired) electrons. The lowest BCUT2D eigenvalue weighted by Crippen LogP contribution is -2.48. The largest absolute Gasteiger partial charge is 0.300 e. The lowest BCUT2D eigenvalue weighted by molar-refractivity contribution is -0.146. The molecule has 164 valence electrons. The van der Waals surface area contributed by atoms with E-state index in [0.29, 0.717) is 22.3 Å². The Balaban J connectivity index is 1.52. The topological polar surface area (TPSA) is 79.4 Å². The average molecular weight is 478 g/mol. The van der Waals surface area contributed by atoms with Crippen LogP contribution in [0, 0.1) is 11.8 Å². The molecule has 1 aliphatic carbocycles. The molecule has 1 aliphatic heterocycles. The van der Waals surface area contributed by atoms with Gasteiger partial charge in [-0.05, 0) is 43.4 Å². The third-order valence-electron chi connectivity index (χ3n) is 5.96. The maximum Gasteiger partial charge on any atom is 0.249 e. The van der Waals surface area contributed by atoms with Crippen molar-refractivity contribution in [3.63, 3.8) is 0 Å². The average Bonchev–Trinajstić information content (AvgIpc) is 3.33. The summed E-state index contributed by atoms with van der Waals surface area (Å²) in [5.41, 5.74) is 1.63. The van der Waals surface area contributed by atoms with Crippen molar-refractivity contribution in [2.45, 2.75) is 38.1 Å². The molecule has 1 aromatic heterocycles. The van der Waals surface area contributed by atoms with E-state index in [0.717, 1.165) is 36.9 Å². The molecular formula is C22H24ClN3O3S2. The molecule has 3 amide bonds. The zero-order chi connectivity index (χ0) is 22.0. The van der Waals surface area contributed by atoms with Crippen LogP contribution < -0.4 is 5.32 Å². The first-order valence-corrected chi connectivity index (χ1v) is 13.0. The van der Waals surface area contributed by atoms with Crippen molar-refractivity contribution in [2.75, 3.05) is 17.3 Å². The number of nitrogens with zero attached hydrogens (tertiary/aromatic N) is 2. The highest BCUT2D eigenvalue weighted by Gasteiger charge is 2.51. The molecule has 2 aliphatic rings. The van der Waals surface area contributed by atoms with Gasteiger partial charge in [0.1, 0.15) is 6.04 Å². The molecule has 2 aromatic rings. The van der Waals surface area contributed by atoms with Crippen LogP contribution in [0.4, 0.5) is 5.13 Å². The van der Waals surface area contributed by atoms with Gasteiger partial charge in [0.2, 0.25) is 17.7 Å². The molecule has 0 spiro atoms. The predicted molar refractivity (Wildman–Crippen MR) is 125 cm³/mol. The number of thiazole rings is 1. The van der Waals surface area contributed by atoms with Crippen LogP contribution >= 0.6 is 34.7 Å². The second-order valence-corrected chi connectivity index (χ2v) is 10.2. The zero-order valence-corrected chi connectivity index (χ0v) is 19.6. The first-order chi connectivity index (χ1) is 15.0. The Morgan fingerprint density at radius 3 is 2.48 bits per heavy atom. The summed E-state index contributed by atoms with van der Waals surface area (Å²) in [5, 5.41) is 5.78. The number of rotatable bonds is 7. The quantitative estimate of drug-likeness (QED) is 0.585. The predicted octanol–water partition coefficient (Wildman–Crippen LogP) is 4.70. The number of anilines is 1. The Morgan fingerprint density at radius 1 is 1.23 bits per heavy atom. The Kier molecular flexibility index (Phi) is 6.99. The number of hydrogen-bond donors (Lipinski definition) is 1. The number of hydrogen-bond acceptors (Lipinski definition) is 6. The fourth-order valence-electron chi connectivity index (χ4n) is 4.38. The summed E-state index contributed by atoms with van der Waals surface area (Å²) in [7, 11) is 0. The van der Waals surface area contributed by atoms with Gasteiger partial charge in [0, 0.05) is 16.0 Å². The SMILES string of the molecule is CSCCC(C(=O)Nc1nc(-c2ccc(Cl)cc2)cs1)N1C(=O)C2CCCCC2C1=O. The standard InChI is InChI=1S/C22H24ClN3O3S2/c1-30-11-10-18(26-20(28)15-4-2-3-5-16(15)21(26)29)19(27)25-22-24-17(12-31-22)13-6-8-14(23)9-7-13/h6-9,12,15-16,18H,2-5,10-11H2,1H3,(H,24,25,27). The van der Waals surface area contributed by atoms with Crippen LogP contribution in [0.25, 0.3) is 11.3 Å². The maximum atomic E-state index is 13.2. The van der Waals surface area contributed by atoms with Crippen LogP contribution in [0.15, 0.2) is 29.6 Å². The number of benzene rings is 1. The minimum atomic E-state index is -0.805. The van der Waals surface area contributed by atoms with Crippen molar-refractivity contribution < 1.29 is 14.4 Å². The van der Waals surface area contributed by atoms with Crippen molar-refractivity contribution >= 4 is 57.6 Å². The van der Waals surface area contributed by atoms with E-state index >= 15 is 0 Å². The number of carbonyl (C=O) groups excluding carboxylic acids is 3. The Labute approximate surface area is 194 Å². The maximum absolute atomic E-state index is 13.2. The molecule has 4 rings (SSSR count). The number of amides is 3. The van der Waals surface area contributed by atoms with Crippen LogP contribution in [-0.2, 0) is 14.4 Å². The Bertz CT molecular complexity index is 955. The second-order valence-electron chi connectivity index (χ2n) is 7.88. The number of fused-ring (bicyclic) bond motifs is 1. The normalized spacial score (nSPS) is 21.8. The van der Waals surface area contributed by atoms with Crippen molar-refractivity contribution in [3.05, 3.63) is 34.7 Å². The molecular weight excluding hydrogens is 454 g/mol. The van der Waals surface area contributed by atoms with Gasteiger partial charge in [-0.15, -0.1) is 11.3 Å². The molecule has 9 heteroatoms. The molecule has 1 saturated heterocycles. The zero-order valence-electron chi connectivity index (χ0n) is 17.2. The summed E-state index contributed by atoms with van der Waals surface area (Å²) in [5.74, 6) is -0.567. The Morgan fingerprint density at radius 2 is 1.87 bits per heavy atom. The highest BCUT2D eigenvalue weighted by Crippen LogP contribution is 2.39. The summed E-state index contributed by atoms with van der Waals surface area (Å²) in [6.07, 6.45) is 5.77. The number of halogens is 1. The highest BCUT2D eigenvalue weighted by atomic mass is 35.5. The van der Waals surface area contributed by atoms with E-state index in [1.54, 1.807) is 23.9 Å². The van der Waals surface area contributed by atoms with E-state index in [1.807, 2.05) is 23.8 Å². The molecule has 3 unspecified atom stereocenters. The van der Waals surface area contributed by atoms with Gasteiger partial charge in [0.25, 0.3) is 0 Å². The first-order valence-electron chi connectivity index (χ1n) is 10.4. The van der Waals surface area contributed by atoms with Gasteiger partial charge in [-0.2, -0.15) is 11.8 Å². The fraction of sp³-hybridized carbons (Fsp3) is 0.455. The van der Waals surface area contributed by atoms with Gasteiger partial charge in [-0.3, -0.25) is 19.3 Å². The van der Waals surface area contributed by atoms with E-state index < -0.39 is 6.04 Å². The first kappa shape index (κ1) is 22.3. The minimum absolute atomic E-state index is 0.183. The van der Waals surface area contributed by atoms with Gasteiger partial charge in [-0.1, -0.05) is 36.6 Å². The van der Waals surface area contributed by atoms with Crippen LogP contribution in [-0.4, -0.2) is 45.7 Å². The molecule has 1 aromatic carbocycles. The molecule has 3 atom stereocenters. The summed E-state index contributed by atoms with van der Waals surface area (Å²) in [6, 6.07) is 6.51. The van der Waals surface area contributed by atoms with Gasteiger partial charge in [0.05, 0.1) is 17.5 Å². The molecule has 1 saturated carbocycles. The number of aromatic nitrogens is 1. The van der Waals surface area contributed by atoms with E-state index in [1.165, 1.54) is 16.2 Å². The van der Waals surface area contributed by atoms with Gasteiger partial charge in [0.15, 0.2) is 5.13 Å². The van der Waals surface area contributed by atoms with E-state index in [4.69, 9.17) is 11.6 Å². The molecule has 1 N–H and O–H groups in total. The van der Waals surface area contributed by atoms with Crippen molar-refractivity contribution in [1.82, 2.24) is 9.88 Å². The van der Waals surface area contributed by atoms with Crippen LogP contribution in [0.2, 0.25) is 5.02 Å². The smallest absolute Gasteiger partial charge is 0.249 e. The van der Waals surface area contributed by atoms with Crippen molar-refractivity contribution in [3.8, 4) is 11.3 Å². The molecule has 2 fully saturated rings. The van der Waals surface area contributed by atoms with Gasteiger partial charge >= 0.3 is 0 Å². The molecule has 31 heavy (non-hydrogen) atoms. The van der Waals surface area contributed by atoms with E-state index in [9.17, 15) is 14.4 Å². The van der Waals surface area contributed by atoms with Crippen molar-refractivity contribution in [1.29, 1.82) is 0 Å². The number of carbonyl (C=O) groups is 3.